The minimum Gasteiger partial charge on any atom is -0.505 e. The fourth-order valence-electron chi connectivity index (χ4n) is 1.78. The third-order valence-corrected chi connectivity index (χ3v) is 2.84. The van der Waals surface area contributed by atoms with E-state index >= 15 is 0 Å². The van der Waals surface area contributed by atoms with Crippen LogP contribution in [-0.2, 0) is 4.74 Å². The summed E-state index contributed by atoms with van der Waals surface area (Å²) in [5, 5.41) is 12.3. The number of methoxy groups -OCH3 is 1. The number of benzene rings is 1. The van der Waals surface area contributed by atoms with Crippen molar-refractivity contribution in [2.24, 2.45) is 5.92 Å². The number of aromatic hydroxyl groups is 1. The van der Waals surface area contributed by atoms with Crippen LogP contribution in [0.1, 0.15) is 12.8 Å². The van der Waals surface area contributed by atoms with Gasteiger partial charge in [-0.2, -0.15) is 0 Å². The van der Waals surface area contributed by atoms with E-state index < -0.39 is 5.82 Å². The van der Waals surface area contributed by atoms with Crippen molar-refractivity contribution in [3.05, 3.63) is 24.0 Å². The van der Waals surface area contributed by atoms with Crippen molar-refractivity contribution in [2.45, 2.75) is 18.9 Å². The van der Waals surface area contributed by atoms with Crippen molar-refractivity contribution in [1.82, 2.24) is 0 Å². The molecule has 1 aromatic carbocycles. The molecule has 0 bridgehead atoms. The zero-order valence-electron chi connectivity index (χ0n) is 9.24. The zero-order chi connectivity index (χ0) is 11.5. The molecule has 1 aliphatic rings. The highest BCUT2D eigenvalue weighted by atomic mass is 19.1. The van der Waals surface area contributed by atoms with Crippen LogP contribution in [-0.4, -0.2) is 24.9 Å². The molecule has 16 heavy (non-hydrogen) atoms. The van der Waals surface area contributed by atoms with Crippen molar-refractivity contribution >= 4 is 5.69 Å². The van der Waals surface area contributed by atoms with Gasteiger partial charge in [-0.3, -0.25) is 0 Å². The molecule has 4 heteroatoms. The van der Waals surface area contributed by atoms with Crippen LogP contribution in [0.3, 0.4) is 0 Å². The molecule has 1 aliphatic carbocycles. The summed E-state index contributed by atoms with van der Waals surface area (Å²) in [6.07, 6.45) is 2.39. The molecule has 1 fully saturated rings. The summed E-state index contributed by atoms with van der Waals surface area (Å²) in [7, 11) is 1.66. The Labute approximate surface area is 94.2 Å². The summed E-state index contributed by atoms with van der Waals surface area (Å²) < 4.78 is 18.2. The monoisotopic (exact) mass is 225 g/mol. The molecule has 2 rings (SSSR count). The van der Waals surface area contributed by atoms with Gasteiger partial charge in [-0.15, -0.1) is 0 Å². The third kappa shape index (κ3) is 2.64. The van der Waals surface area contributed by atoms with Crippen LogP contribution in [0.25, 0.3) is 0 Å². The SMILES string of the molecule is COCC(Nc1ccc(O)c(F)c1)C1CC1. The van der Waals surface area contributed by atoms with E-state index in [4.69, 9.17) is 9.84 Å². The maximum atomic E-state index is 13.1. The zero-order valence-corrected chi connectivity index (χ0v) is 9.24. The van der Waals surface area contributed by atoms with Gasteiger partial charge in [0.25, 0.3) is 0 Å². The molecule has 1 saturated carbocycles. The molecule has 1 aromatic rings. The van der Waals surface area contributed by atoms with Crippen LogP contribution in [0.2, 0.25) is 0 Å². The minimum absolute atomic E-state index is 0.231. The van der Waals surface area contributed by atoms with Gasteiger partial charge in [-0.1, -0.05) is 0 Å². The lowest BCUT2D eigenvalue weighted by Crippen LogP contribution is -2.27. The molecular weight excluding hydrogens is 209 g/mol. The number of halogens is 1. The van der Waals surface area contributed by atoms with Crippen molar-refractivity contribution in [3.63, 3.8) is 0 Å². The molecule has 3 nitrogen and oxygen atoms in total. The molecule has 0 radical (unpaired) electrons. The van der Waals surface area contributed by atoms with Crippen LogP contribution >= 0.6 is 0 Å². The van der Waals surface area contributed by atoms with Crippen molar-refractivity contribution in [1.29, 1.82) is 0 Å². The molecule has 2 N–H and O–H groups in total. The number of phenols is 1. The Kier molecular flexibility index (Phi) is 3.29. The first kappa shape index (κ1) is 11.2. The van der Waals surface area contributed by atoms with E-state index in [0.717, 1.165) is 0 Å². The molecule has 0 saturated heterocycles. The predicted molar refractivity (Wildman–Crippen MR) is 60.1 cm³/mol. The number of rotatable bonds is 5. The second-order valence-corrected chi connectivity index (χ2v) is 4.21. The van der Waals surface area contributed by atoms with Gasteiger partial charge in [0.1, 0.15) is 0 Å². The van der Waals surface area contributed by atoms with Gasteiger partial charge in [-0.05, 0) is 30.9 Å². The summed E-state index contributed by atoms with van der Waals surface area (Å²) in [6.45, 7) is 0.618. The number of ether oxygens (including phenoxy) is 1. The van der Waals surface area contributed by atoms with Crippen LogP contribution in [0, 0.1) is 11.7 Å². The van der Waals surface area contributed by atoms with Crippen LogP contribution in [0.15, 0.2) is 18.2 Å². The molecule has 1 unspecified atom stereocenters. The van der Waals surface area contributed by atoms with Gasteiger partial charge in [0.2, 0.25) is 0 Å². The van der Waals surface area contributed by atoms with E-state index in [1.54, 1.807) is 13.2 Å². The number of nitrogens with one attached hydrogen (secondary N) is 1. The fraction of sp³-hybridized carbons (Fsp3) is 0.500. The minimum atomic E-state index is -0.600. The van der Waals surface area contributed by atoms with E-state index in [9.17, 15) is 4.39 Å². The number of phenolic OH excluding ortho intramolecular Hbond substituents is 1. The summed E-state index contributed by atoms with van der Waals surface area (Å²) >= 11 is 0. The quantitative estimate of drug-likeness (QED) is 0.756. The number of hydrogen-bond acceptors (Lipinski definition) is 3. The predicted octanol–water partition coefficient (Wildman–Crippen LogP) is 2.37. The Morgan fingerprint density at radius 1 is 1.56 bits per heavy atom. The van der Waals surface area contributed by atoms with Gasteiger partial charge >= 0.3 is 0 Å². The van der Waals surface area contributed by atoms with E-state index in [1.165, 1.54) is 25.0 Å². The fourth-order valence-corrected chi connectivity index (χ4v) is 1.78. The lowest BCUT2D eigenvalue weighted by Gasteiger charge is -2.18. The van der Waals surface area contributed by atoms with Crippen molar-refractivity contribution in [2.75, 3.05) is 19.0 Å². The average Bonchev–Trinajstić information content (AvgIpc) is 3.06. The van der Waals surface area contributed by atoms with Crippen molar-refractivity contribution in [3.8, 4) is 5.75 Å². The molecule has 0 aromatic heterocycles. The molecule has 88 valence electrons. The first-order chi connectivity index (χ1) is 7.70. The number of anilines is 1. The van der Waals surface area contributed by atoms with E-state index in [-0.39, 0.29) is 11.8 Å². The van der Waals surface area contributed by atoms with Crippen molar-refractivity contribution < 1.29 is 14.2 Å². The molecule has 0 heterocycles. The van der Waals surface area contributed by atoms with Gasteiger partial charge < -0.3 is 15.2 Å². The second kappa shape index (κ2) is 4.70. The molecular formula is C12H16FNO2. The highest BCUT2D eigenvalue weighted by molar-refractivity contribution is 5.47. The lowest BCUT2D eigenvalue weighted by atomic mass is 10.2. The topological polar surface area (TPSA) is 41.5 Å². The smallest absolute Gasteiger partial charge is 0.166 e. The first-order valence-electron chi connectivity index (χ1n) is 5.44. The van der Waals surface area contributed by atoms with Crippen LogP contribution < -0.4 is 5.32 Å². The summed E-state index contributed by atoms with van der Waals surface area (Å²) in [5.41, 5.74) is 0.684. The molecule has 0 amide bonds. The first-order valence-corrected chi connectivity index (χ1v) is 5.44. The van der Waals surface area contributed by atoms with Gasteiger partial charge in [0, 0.05) is 18.9 Å². The largest absolute Gasteiger partial charge is 0.505 e. The summed E-state index contributed by atoms with van der Waals surface area (Å²) in [4.78, 5) is 0. The molecule has 0 aliphatic heterocycles. The Balaban J connectivity index is 2.03. The van der Waals surface area contributed by atoms with E-state index in [0.29, 0.717) is 18.2 Å². The summed E-state index contributed by atoms with van der Waals surface area (Å²) in [5.74, 6) is -0.297. The Hall–Kier alpha value is -1.29. The Morgan fingerprint density at radius 3 is 2.88 bits per heavy atom. The lowest BCUT2D eigenvalue weighted by molar-refractivity contribution is 0.179. The molecule has 0 spiro atoms. The number of hydrogen-bond donors (Lipinski definition) is 2. The molecule has 1 atom stereocenters. The third-order valence-electron chi connectivity index (χ3n) is 2.84. The Morgan fingerprint density at radius 2 is 2.31 bits per heavy atom. The summed E-state index contributed by atoms with van der Waals surface area (Å²) in [6, 6.07) is 4.56. The van der Waals surface area contributed by atoms with E-state index in [1.807, 2.05) is 0 Å². The van der Waals surface area contributed by atoms with Gasteiger partial charge in [-0.25, -0.2) is 4.39 Å². The van der Waals surface area contributed by atoms with Gasteiger partial charge in [0.05, 0.1) is 12.6 Å². The highest BCUT2D eigenvalue weighted by Gasteiger charge is 2.31. The normalized spacial score (nSPS) is 17.1. The standard InChI is InChI=1S/C12H16FNO2/c1-16-7-11(8-2-3-8)14-9-4-5-12(15)10(13)6-9/h4-6,8,11,14-15H,2-3,7H2,1H3. The van der Waals surface area contributed by atoms with E-state index in [2.05, 4.69) is 5.32 Å². The maximum Gasteiger partial charge on any atom is 0.166 e. The highest BCUT2D eigenvalue weighted by Crippen LogP contribution is 2.34. The maximum absolute atomic E-state index is 13.1. The van der Waals surface area contributed by atoms with Crippen LogP contribution in [0.4, 0.5) is 10.1 Å². The van der Waals surface area contributed by atoms with Crippen LogP contribution in [0.5, 0.6) is 5.75 Å². The second-order valence-electron chi connectivity index (χ2n) is 4.21. The Bertz CT molecular complexity index is 366. The average molecular weight is 225 g/mol. The van der Waals surface area contributed by atoms with Gasteiger partial charge in [0.15, 0.2) is 11.6 Å².